The molecule has 1 aromatic heterocycles. The number of piperazine rings is 1. The van der Waals surface area contributed by atoms with Crippen molar-refractivity contribution in [2.24, 2.45) is 5.92 Å². The first-order chi connectivity index (χ1) is 16.9. The van der Waals surface area contributed by atoms with E-state index in [1.54, 1.807) is 18.2 Å². The van der Waals surface area contributed by atoms with E-state index in [0.29, 0.717) is 34.0 Å². The van der Waals surface area contributed by atoms with E-state index in [9.17, 15) is 4.79 Å². The number of benzene rings is 2. The van der Waals surface area contributed by atoms with Crippen LogP contribution in [0.4, 0.5) is 4.39 Å². The molecule has 5 rings (SSSR count). The lowest BCUT2D eigenvalue weighted by Gasteiger charge is -2.51. The highest BCUT2D eigenvalue weighted by atomic mass is 35.5. The lowest BCUT2D eigenvalue weighted by atomic mass is 9.69. The van der Waals surface area contributed by atoms with Gasteiger partial charge in [0.25, 0.3) is 5.89 Å². The van der Waals surface area contributed by atoms with Crippen LogP contribution in [0, 0.1) is 5.92 Å². The normalized spacial score (nSPS) is 25.3. The summed E-state index contributed by atoms with van der Waals surface area (Å²) in [5, 5.41) is 7.24. The summed E-state index contributed by atoms with van der Waals surface area (Å²) in [6.07, 6.45) is 0.351. The average molecular weight is 519 g/mol. The minimum Gasteiger partial charge on any atom is -0.432 e. The molecule has 1 aliphatic heterocycles. The molecule has 1 saturated heterocycles. The Balaban J connectivity index is 1.35. The molecule has 0 radical (unpaired) electrons. The minimum absolute atomic E-state index is 0.00374. The molecule has 35 heavy (non-hydrogen) atoms. The highest BCUT2D eigenvalue weighted by Gasteiger charge is 2.47. The van der Waals surface area contributed by atoms with Crippen molar-refractivity contribution in [1.82, 2.24) is 20.5 Å². The lowest BCUT2D eigenvalue weighted by Crippen LogP contribution is -2.58. The summed E-state index contributed by atoms with van der Waals surface area (Å²) in [7, 11) is 0. The number of carbonyl (C=O) groups is 1. The summed E-state index contributed by atoms with van der Waals surface area (Å²) in [6, 6.07) is 12.3. The van der Waals surface area contributed by atoms with Crippen molar-refractivity contribution < 1.29 is 13.6 Å². The van der Waals surface area contributed by atoms with Gasteiger partial charge < -0.3 is 15.1 Å². The molecule has 2 N–H and O–H groups in total. The van der Waals surface area contributed by atoms with Crippen molar-refractivity contribution in [1.29, 1.82) is 0 Å². The number of fused-ring (bicyclic) bond motifs is 1. The number of hydrogen-bond donors (Lipinski definition) is 2. The Bertz CT molecular complexity index is 1180. The van der Waals surface area contributed by atoms with Gasteiger partial charge in [0.2, 0.25) is 0 Å². The first-order valence-corrected chi connectivity index (χ1v) is 12.8. The predicted octanol–water partition coefficient (Wildman–Crippen LogP) is 5.19. The first kappa shape index (κ1) is 24.5. The quantitative estimate of drug-likeness (QED) is 0.486. The fourth-order valence-corrected chi connectivity index (χ4v) is 6.15. The molecule has 1 aliphatic carbocycles. The number of rotatable bonds is 5. The van der Waals surface area contributed by atoms with Crippen molar-refractivity contribution in [2.75, 3.05) is 26.2 Å². The summed E-state index contributed by atoms with van der Waals surface area (Å²) in [6.45, 7) is 5.56. The smallest absolute Gasteiger partial charge is 0.307 e. The van der Waals surface area contributed by atoms with Gasteiger partial charge in [0.15, 0.2) is 5.58 Å². The number of amides is 1. The monoisotopic (exact) mass is 518 g/mol. The molecule has 3 aromatic rings. The van der Waals surface area contributed by atoms with Gasteiger partial charge in [-0.05, 0) is 55.9 Å². The van der Waals surface area contributed by atoms with Gasteiger partial charge in [-0.2, -0.15) is 0 Å². The Morgan fingerprint density at radius 2 is 1.94 bits per heavy atom. The van der Waals surface area contributed by atoms with Crippen LogP contribution >= 0.6 is 23.2 Å². The summed E-state index contributed by atoms with van der Waals surface area (Å²) in [5.41, 5.74) is 1.58. The van der Waals surface area contributed by atoms with E-state index in [-0.39, 0.29) is 11.8 Å². The zero-order valence-corrected chi connectivity index (χ0v) is 21.1. The summed E-state index contributed by atoms with van der Waals surface area (Å²) >= 11 is 13.1. The fourth-order valence-electron chi connectivity index (χ4n) is 5.66. The standard InChI is InChI=1S/C26H29Cl2FN4O2/c1-26(33-13-11-30-12-14-33,17-5-4-6-18(27)23(17)28)16-9-10-20(19(29)15-16)31-24(34)25-32-21-7-2-3-8-22(21)35-25/h2-8,16,19-20,30H,9-15H2,1H3,(H,31,34). The van der Waals surface area contributed by atoms with Gasteiger partial charge in [0.05, 0.1) is 16.1 Å². The fraction of sp³-hybridized carbons (Fsp3) is 0.462. The summed E-state index contributed by atoms with van der Waals surface area (Å²) < 4.78 is 21.2. The molecule has 9 heteroatoms. The molecule has 2 aliphatic rings. The molecule has 4 unspecified atom stereocenters. The van der Waals surface area contributed by atoms with Crippen molar-refractivity contribution in [3.05, 3.63) is 64.0 Å². The summed E-state index contributed by atoms with van der Waals surface area (Å²) in [4.78, 5) is 19.4. The van der Waals surface area contributed by atoms with Crippen LogP contribution in [0.15, 0.2) is 46.9 Å². The van der Waals surface area contributed by atoms with Crippen LogP contribution in [0.3, 0.4) is 0 Å². The molecule has 2 aromatic carbocycles. The third-order valence-electron chi connectivity index (χ3n) is 7.64. The Morgan fingerprint density at radius 1 is 1.17 bits per heavy atom. The first-order valence-electron chi connectivity index (χ1n) is 12.1. The zero-order chi connectivity index (χ0) is 24.6. The van der Waals surface area contributed by atoms with Gasteiger partial charge in [-0.1, -0.05) is 47.5 Å². The molecule has 0 spiro atoms. The third kappa shape index (κ3) is 4.67. The Morgan fingerprint density at radius 3 is 2.69 bits per heavy atom. The molecule has 6 nitrogen and oxygen atoms in total. The van der Waals surface area contributed by atoms with Crippen LogP contribution in [0.1, 0.15) is 42.4 Å². The predicted molar refractivity (Wildman–Crippen MR) is 136 cm³/mol. The largest absolute Gasteiger partial charge is 0.432 e. The van der Waals surface area contributed by atoms with E-state index in [4.69, 9.17) is 27.6 Å². The number of alkyl halides is 1. The maximum Gasteiger partial charge on any atom is 0.307 e. The molecular formula is C26H29Cl2FN4O2. The van der Waals surface area contributed by atoms with E-state index in [2.05, 4.69) is 27.4 Å². The minimum atomic E-state index is -1.21. The van der Waals surface area contributed by atoms with Crippen molar-refractivity contribution in [2.45, 2.75) is 43.9 Å². The Labute approximate surface area is 214 Å². The average Bonchev–Trinajstić information content (AvgIpc) is 3.31. The number of para-hydroxylation sites is 2. The maximum atomic E-state index is 15.6. The molecule has 4 atom stereocenters. The Hall–Kier alpha value is -2.19. The zero-order valence-electron chi connectivity index (χ0n) is 19.6. The second-order valence-electron chi connectivity index (χ2n) is 9.58. The van der Waals surface area contributed by atoms with Crippen LogP contribution < -0.4 is 10.6 Å². The highest BCUT2D eigenvalue weighted by molar-refractivity contribution is 6.42. The number of nitrogens with one attached hydrogen (secondary N) is 2. The SMILES string of the molecule is CC(c1cccc(Cl)c1Cl)(C1CCC(NC(=O)c2nc3ccccc3o2)C(F)C1)N1CCNCC1. The Kier molecular flexibility index (Phi) is 7.04. The number of oxazole rings is 1. The lowest BCUT2D eigenvalue weighted by molar-refractivity contribution is -0.00613. The second-order valence-corrected chi connectivity index (χ2v) is 10.4. The molecule has 1 saturated carbocycles. The number of halogens is 3. The van der Waals surface area contributed by atoms with E-state index >= 15 is 4.39 Å². The van der Waals surface area contributed by atoms with Crippen LogP contribution in [-0.2, 0) is 5.54 Å². The van der Waals surface area contributed by atoms with Gasteiger partial charge in [-0.15, -0.1) is 0 Å². The van der Waals surface area contributed by atoms with Crippen LogP contribution in [0.2, 0.25) is 10.0 Å². The van der Waals surface area contributed by atoms with E-state index in [1.807, 2.05) is 24.3 Å². The molecular weight excluding hydrogens is 490 g/mol. The van der Waals surface area contributed by atoms with E-state index in [1.165, 1.54) is 0 Å². The molecule has 186 valence electrons. The van der Waals surface area contributed by atoms with Crippen LogP contribution in [-0.4, -0.2) is 54.2 Å². The van der Waals surface area contributed by atoms with Gasteiger partial charge in [0, 0.05) is 31.7 Å². The second kappa shape index (κ2) is 10.1. The van der Waals surface area contributed by atoms with Crippen molar-refractivity contribution >= 4 is 40.2 Å². The van der Waals surface area contributed by atoms with Crippen LogP contribution in [0.5, 0.6) is 0 Å². The maximum absolute atomic E-state index is 15.6. The number of hydrogen-bond acceptors (Lipinski definition) is 5. The number of aromatic nitrogens is 1. The topological polar surface area (TPSA) is 70.4 Å². The molecule has 2 heterocycles. The number of nitrogens with zero attached hydrogens (tertiary/aromatic N) is 2. The van der Waals surface area contributed by atoms with Crippen molar-refractivity contribution in [3.63, 3.8) is 0 Å². The molecule has 2 fully saturated rings. The van der Waals surface area contributed by atoms with Crippen LogP contribution in [0.25, 0.3) is 11.1 Å². The third-order valence-corrected chi connectivity index (χ3v) is 8.46. The van der Waals surface area contributed by atoms with Gasteiger partial charge in [-0.3, -0.25) is 9.69 Å². The van der Waals surface area contributed by atoms with E-state index in [0.717, 1.165) is 38.2 Å². The molecule has 0 bridgehead atoms. The van der Waals surface area contributed by atoms with E-state index < -0.39 is 23.7 Å². The van der Waals surface area contributed by atoms with Crippen molar-refractivity contribution in [3.8, 4) is 0 Å². The number of carbonyl (C=O) groups excluding carboxylic acids is 1. The summed E-state index contributed by atoms with van der Waals surface area (Å²) in [5.74, 6) is -0.531. The van der Waals surface area contributed by atoms with Gasteiger partial charge in [0.1, 0.15) is 11.7 Å². The van der Waals surface area contributed by atoms with Gasteiger partial charge in [-0.25, -0.2) is 9.37 Å². The van der Waals surface area contributed by atoms with Gasteiger partial charge >= 0.3 is 5.91 Å². The highest BCUT2D eigenvalue weighted by Crippen LogP contribution is 2.47. The molecule has 1 amide bonds.